The first-order valence-electron chi connectivity index (χ1n) is 8.70. The van der Waals surface area contributed by atoms with Crippen LogP contribution in [-0.2, 0) is 17.9 Å². The van der Waals surface area contributed by atoms with E-state index in [4.69, 9.17) is 23.2 Å². The maximum atomic E-state index is 13.0. The average molecular weight is 368 g/mol. The van der Waals surface area contributed by atoms with Gasteiger partial charge < -0.3 is 10.2 Å². The number of hydrogen-bond donors (Lipinski definition) is 2. The van der Waals surface area contributed by atoms with Crippen molar-refractivity contribution in [2.75, 3.05) is 13.2 Å². The fourth-order valence-electron chi connectivity index (χ4n) is 4.31. The molecular weight excluding hydrogens is 345 g/mol. The van der Waals surface area contributed by atoms with Gasteiger partial charge in [0.05, 0.1) is 10.0 Å². The third-order valence-electron chi connectivity index (χ3n) is 5.73. The summed E-state index contributed by atoms with van der Waals surface area (Å²) >= 11 is 12.2. The van der Waals surface area contributed by atoms with E-state index in [1.165, 1.54) is 12.8 Å². The molecule has 1 amide bonds. The number of nitrogens with one attached hydrogen (secondary N) is 2. The van der Waals surface area contributed by atoms with E-state index in [0.29, 0.717) is 23.1 Å². The molecule has 0 aromatic heterocycles. The second-order valence-electron chi connectivity index (χ2n) is 7.55. The molecule has 2 aliphatic heterocycles. The summed E-state index contributed by atoms with van der Waals surface area (Å²) in [5.41, 5.74) is 2.33. The van der Waals surface area contributed by atoms with Gasteiger partial charge in [-0.2, -0.15) is 0 Å². The Balaban J connectivity index is 1.44. The van der Waals surface area contributed by atoms with Crippen molar-refractivity contribution < 1.29 is 4.79 Å². The van der Waals surface area contributed by atoms with E-state index < -0.39 is 0 Å². The smallest absolute Gasteiger partial charge is 0.226 e. The number of hydrogen-bond acceptors (Lipinski definition) is 3. The van der Waals surface area contributed by atoms with Gasteiger partial charge >= 0.3 is 0 Å². The summed E-state index contributed by atoms with van der Waals surface area (Å²) in [7, 11) is 0. The van der Waals surface area contributed by atoms with Gasteiger partial charge in [0.2, 0.25) is 5.91 Å². The average Bonchev–Trinajstić information content (AvgIpc) is 3.19. The highest BCUT2D eigenvalue weighted by Gasteiger charge is 2.48. The third kappa shape index (κ3) is 2.94. The minimum atomic E-state index is 0.0123. The van der Waals surface area contributed by atoms with Crippen LogP contribution in [0.25, 0.3) is 0 Å². The van der Waals surface area contributed by atoms with Crippen LogP contribution in [0, 0.1) is 11.8 Å². The van der Waals surface area contributed by atoms with Crippen LogP contribution in [0.1, 0.15) is 37.3 Å². The van der Waals surface area contributed by atoms with Crippen molar-refractivity contribution in [2.24, 2.45) is 11.8 Å². The molecular formula is C18H23Cl2N3O. The fourth-order valence-corrected chi connectivity index (χ4v) is 4.69. The molecule has 4 nitrogen and oxygen atoms in total. The summed E-state index contributed by atoms with van der Waals surface area (Å²) in [5, 5.41) is 8.16. The van der Waals surface area contributed by atoms with Crippen LogP contribution in [0.5, 0.6) is 0 Å². The molecule has 1 aromatic carbocycles. The van der Waals surface area contributed by atoms with Crippen LogP contribution >= 0.6 is 23.2 Å². The summed E-state index contributed by atoms with van der Waals surface area (Å²) in [4.78, 5) is 14.9. The van der Waals surface area contributed by atoms with Gasteiger partial charge in [-0.05, 0) is 48.4 Å². The molecule has 130 valence electrons. The largest absolute Gasteiger partial charge is 0.334 e. The van der Waals surface area contributed by atoms with E-state index in [0.717, 1.165) is 36.7 Å². The Kier molecular flexibility index (Phi) is 4.28. The van der Waals surface area contributed by atoms with Crippen LogP contribution in [-0.4, -0.2) is 29.6 Å². The van der Waals surface area contributed by atoms with Crippen LogP contribution < -0.4 is 10.6 Å². The van der Waals surface area contributed by atoms with Gasteiger partial charge in [0.15, 0.2) is 0 Å². The number of amides is 1. The zero-order valence-corrected chi connectivity index (χ0v) is 15.4. The highest BCUT2D eigenvalue weighted by Crippen LogP contribution is 2.44. The first-order valence-corrected chi connectivity index (χ1v) is 9.45. The van der Waals surface area contributed by atoms with Crippen molar-refractivity contribution in [1.82, 2.24) is 15.5 Å². The molecule has 0 radical (unpaired) electrons. The molecule has 6 heteroatoms. The van der Waals surface area contributed by atoms with Crippen molar-refractivity contribution in [1.29, 1.82) is 0 Å². The van der Waals surface area contributed by atoms with Gasteiger partial charge in [-0.3, -0.25) is 10.1 Å². The van der Waals surface area contributed by atoms with E-state index in [1.807, 2.05) is 17.0 Å². The molecule has 0 bridgehead atoms. The van der Waals surface area contributed by atoms with Crippen LogP contribution in [0.3, 0.4) is 0 Å². The molecule has 1 saturated heterocycles. The van der Waals surface area contributed by atoms with Gasteiger partial charge in [-0.25, -0.2) is 0 Å². The number of fused-ring (bicyclic) bond motifs is 1. The Bertz CT molecular complexity index is 637. The lowest BCUT2D eigenvalue weighted by Gasteiger charge is -2.32. The molecule has 1 aromatic rings. The SMILES string of the molecule is CC(C[C@]1(C2CC2)CNCN1)C(=O)N1Cc2cc(Cl)c(Cl)cc2C1. The molecule has 1 unspecified atom stereocenters. The zero-order valence-electron chi connectivity index (χ0n) is 13.9. The Labute approximate surface area is 152 Å². The summed E-state index contributed by atoms with van der Waals surface area (Å²) in [6, 6.07) is 3.79. The number of halogens is 2. The Morgan fingerprint density at radius 3 is 2.42 bits per heavy atom. The molecule has 2 atom stereocenters. The molecule has 2 fully saturated rings. The fraction of sp³-hybridized carbons (Fsp3) is 0.611. The van der Waals surface area contributed by atoms with Crippen molar-refractivity contribution >= 4 is 29.1 Å². The quantitative estimate of drug-likeness (QED) is 0.858. The number of benzene rings is 1. The topological polar surface area (TPSA) is 44.4 Å². The van der Waals surface area contributed by atoms with Crippen LogP contribution in [0.4, 0.5) is 0 Å². The lowest BCUT2D eigenvalue weighted by molar-refractivity contribution is -0.136. The summed E-state index contributed by atoms with van der Waals surface area (Å²) in [5.74, 6) is 0.960. The molecule has 1 saturated carbocycles. The van der Waals surface area contributed by atoms with Crippen LogP contribution in [0.15, 0.2) is 12.1 Å². The second kappa shape index (κ2) is 6.17. The summed E-state index contributed by atoms with van der Waals surface area (Å²) in [6.45, 7) is 5.16. The predicted molar refractivity (Wildman–Crippen MR) is 96.0 cm³/mol. The number of rotatable bonds is 4. The normalized spacial score (nSPS) is 27.4. The Morgan fingerprint density at radius 1 is 1.29 bits per heavy atom. The third-order valence-corrected chi connectivity index (χ3v) is 6.46. The van der Waals surface area contributed by atoms with Gasteiger partial charge in [0.25, 0.3) is 0 Å². The summed E-state index contributed by atoms with van der Waals surface area (Å²) in [6.07, 6.45) is 3.46. The van der Waals surface area contributed by atoms with Gasteiger partial charge in [-0.1, -0.05) is 30.1 Å². The standard InChI is InChI=1S/C18H23Cl2N3O/c1-11(6-18(14-2-3-14)9-21-10-22-18)17(24)23-7-12-4-15(19)16(20)5-13(12)8-23/h4-5,11,14,21-22H,2-3,6-10H2,1H3/t11?,18-/m1/s1. The highest BCUT2D eigenvalue weighted by molar-refractivity contribution is 6.42. The van der Waals surface area contributed by atoms with Crippen molar-refractivity contribution in [3.63, 3.8) is 0 Å². The number of carbonyl (C=O) groups is 1. The van der Waals surface area contributed by atoms with E-state index >= 15 is 0 Å². The zero-order chi connectivity index (χ0) is 16.9. The lowest BCUT2D eigenvalue weighted by Crippen LogP contribution is -2.48. The molecule has 1 aliphatic carbocycles. The van der Waals surface area contributed by atoms with E-state index in [1.54, 1.807) is 0 Å². The van der Waals surface area contributed by atoms with Gasteiger partial charge in [0, 0.05) is 37.8 Å². The van der Waals surface area contributed by atoms with Crippen molar-refractivity contribution in [3.8, 4) is 0 Å². The molecule has 24 heavy (non-hydrogen) atoms. The number of carbonyl (C=O) groups excluding carboxylic acids is 1. The second-order valence-corrected chi connectivity index (χ2v) is 8.36. The molecule has 2 heterocycles. The molecule has 4 rings (SSSR count). The summed E-state index contributed by atoms with van der Waals surface area (Å²) < 4.78 is 0. The van der Waals surface area contributed by atoms with E-state index in [9.17, 15) is 4.79 Å². The monoisotopic (exact) mass is 367 g/mol. The predicted octanol–water partition coefficient (Wildman–Crippen LogP) is 3.16. The van der Waals surface area contributed by atoms with Crippen LogP contribution in [0.2, 0.25) is 10.0 Å². The van der Waals surface area contributed by atoms with Gasteiger partial charge in [-0.15, -0.1) is 0 Å². The minimum absolute atomic E-state index is 0.0123. The Hall–Kier alpha value is -0.810. The molecule has 2 N–H and O–H groups in total. The minimum Gasteiger partial charge on any atom is -0.334 e. The first kappa shape index (κ1) is 16.6. The van der Waals surface area contributed by atoms with Gasteiger partial charge in [0.1, 0.15) is 0 Å². The first-order chi connectivity index (χ1) is 11.5. The maximum Gasteiger partial charge on any atom is 0.226 e. The lowest BCUT2D eigenvalue weighted by atomic mass is 9.84. The van der Waals surface area contributed by atoms with E-state index in [-0.39, 0.29) is 17.4 Å². The Morgan fingerprint density at radius 2 is 1.92 bits per heavy atom. The highest BCUT2D eigenvalue weighted by atomic mass is 35.5. The maximum absolute atomic E-state index is 13.0. The van der Waals surface area contributed by atoms with Crippen molar-refractivity contribution in [2.45, 2.75) is 44.8 Å². The number of nitrogens with zero attached hydrogens (tertiary/aromatic N) is 1. The van der Waals surface area contributed by atoms with E-state index in [2.05, 4.69) is 17.6 Å². The molecule has 3 aliphatic rings. The molecule has 0 spiro atoms. The van der Waals surface area contributed by atoms with Crippen molar-refractivity contribution in [3.05, 3.63) is 33.3 Å².